The maximum Gasteiger partial charge on any atom is 0.0737 e. The Hall–Kier alpha value is -2.32. The van der Waals surface area contributed by atoms with Crippen LogP contribution in [0.3, 0.4) is 0 Å². The lowest BCUT2D eigenvalue weighted by atomic mass is 10.0. The van der Waals surface area contributed by atoms with Gasteiger partial charge in [0.2, 0.25) is 0 Å². The molecular weight excluding hydrogens is 244 g/mol. The number of aromatic nitrogens is 1. The SMILES string of the molecule is c1ccc([C@@H]2NCc3ccccc3-n3cccc32)cc1. The van der Waals surface area contributed by atoms with Crippen molar-refractivity contribution < 1.29 is 0 Å². The maximum absolute atomic E-state index is 3.68. The van der Waals surface area contributed by atoms with Gasteiger partial charge in [0.15, 0.2) is 0 Å². The van der Waals surface area contributed by atoms with E-state index in [0.29, 0.717) is 0 Å². The zero-order valence-electron chi connectivity index (χ0n) is 11.2. The summed E-state index contributed by atoms with van der Waals surface area (Å²) in [5.74, 6) is 0. The van der Waals surface area contributed by atoms with Crippen LogP contribution in [0.15, 0.2) is 72.9 Å². The third-order valence-electron chi connectivity index (χ3n) is 3.96. The Labute approximate surface area is 118 Å². The molecule has 98 valence electrons. The Balaban J connectivity index is 1.88. The van der Waals surface area contributed by atoms with Gasteiger partial charge in [-0.15, -0.1) is 0 Å². The minimum atomic E-state index is 0.235. The zero-order chi connectivity index (χ0) is 13.4. The summed E-state index contributed by atoms with van der Waals surface area (Å²) in [6, 6.07) is 23.8. The van der Waals surface area contributed by atoms with Gasteiger partial charge in [0, 0.05) is 24.1 Å². The highest BCUT2D eigenvalue weighted by atomic mass is 15.1. The van der Waals surface area contributed by atoms with E-state index >= 15 is 0 Å². The molecule has 2 heterocycles. The van der Waals surface area contributed by atoms with Crippen molar-refractivity contribution in [1.82, 2.24) is 9.88 Å². The highest BCUT2D eigenvalue weighted by molar-refractivity contribution is 5.46. The fraction of sp³-hybridized carbons (Fsp3) is 0.111. The largest absolute Gasteiger partial charge is 0.319 e. The van der Waals surface area contributed by atoms with Crippen LogP contribution < -0.4 is 5.32 Å². The second-order valence-corrected chi connectivity index (χ2v) is 5.16. The first-order valence-corrected chi connectivity index (χ1v) is 6.97. The van der Waals surface area contributed by atoms with Crippen molar-refractivity contribution in [2.45, 2.75) is 12.6 Å². The van der Waals surface area contributed by atoms with Gasteiger partial charge in [0.05, 0.1) is 6.04 Å². The average molecular weight is 260 g/mol. The maximum atomic E-state index is 3.68. The van der Waals surface area contributed by atoms with Crippen LogP contribution in [0, 0.1) is 0 Å². The average Bonchev–Trinajstić information content (AvgIpc) is 2.93. The molecule has 1 atom stereocenters. The van der Waals surface area contributed by atoms with Gasteiger partial charge in [-0.2, -0.15) is 0 Å². The van der Waals surface area contributed by atoms with E-state index in [-0.39, 0.29) is 6.04 Å². The summed E-state index contributed by atoms with van der Waals surface area (Å²) >= 11 is 0. The molecule has 2 aromatic carbocycles. The molecule has 0 bridgehead atoms. The number of hydrogen-bond donors (Lipinski definition) is 1. The molecule has 1 aliphatic heterocycles. The molecule has 0 aliphatic carbocycles. The van der Waals surface area contributed by atoms with Crippen molar-refractivity contribution in [3.63, 3.8) is 0 Å². The fourth-order valence-corrected chi connectivity index (χ4v) is 2.99. The monoisotopic (exact) mass is 260 g/mol. The van der Waals surface area contributed by atoms with Crippen molar-refractivity contribution in [3.8, 4) is 5.69 Å². The summed E-state index contributed by atoms with van der Waals surface area (Å²) < 4.78 is 2.30. The van der Waals surface area contributed by atoms with Gasteiger partial charge in [0.1, 0.15) is 0 Å². The topological polar surface area (TPSA) is 17.0 Å². The zero-order valence-corrected chi connectivity index (χ0v) is 11.2. The Morgan fingerprint density at radius 3 is 2.55 bits per heavy atom. The van der Waals surface area contributed by atoms with Crippen LogP contribution in [0.4, 0.5) is 0 Å². The van der Waals surface area contributed by atoms with Gasteiger partial charge in [-0.3, -0.25) is 0 Å². The number of rotatable bonds is 1. The Bertz CT molecular complexity index is 728. The molecule has 0 saturated carbocycles. The first kappa shape index (κ1) is 11.5. The Morgan fingerprint density at radius 1 is 0.850 bits per heavy atom. The van der Waals surface area contributed by atoms with E-state index in [1.54, 1.807) is 0 Å². The summed E-state index contributed by atoms with van der Waals surface area (Å²) in [5.41, 5.74) is 5.21. The van der Waals surface area contributed by atoms with Crippen LogP contribution in [0.25, 0.3) is 5.69 Å². The smallest absolute Gasteiger partial charge is 0.0737 e. The van der Waals surface area contributed by atoms with Gasteiger partial charge >= 0.3 is 0 Å². The van der Waals surface area contributed by atoms with Crippen LogP contribution in [-0.2, 0) is 6.54 Å². The predicted molar refractivity (Wildman–Crippen MR) is 80.9 cm³/mol. The number of hydrogen-bond acceptors (Lipinski definition) is 1. The van der Waals surface area contributed by atoms with Gasteiger partial charge in [-0.05, 0) is 29.3 Å². The minimum absolute atomic E-state index is 0.235. The molecule has 2 nitrogen and oxygen atoms in total. The number of nitrogens with zero attached hydrogens (tertiary/aromatic N) is 1. The van der Waals surface area contributed by atoms with Gasteiger partial charge in [-0.1, -0.05) is 48.5 Å². The van der Waals surface area contributed by atoms with E-state index in [2.05, 4.69) is 82.8 Å². The lowest BCUT2D eigenvalue weighted by Crippen LogP contribution is -2.21. The van der Waals surface area contributed by atoms with Crippen LogP contribution in [0.5, 0.6) is 0 Å². The Morgan fingerprint density at radius 2 is 1.65 bits per heavy atom. The highest BCUT2D eigenvalue weighted by Gasteiger charge is 2.22. The number of para-hydroxylation sites is 1. The van der Waals surface area contributed by atoms with Gasteiger partial charge in [0.25, 0.3) is 0 Å². The van der Waals surface area contributed by atoms with E-state index in [1.807, 2.05) is 0 Å². The molecule has 4 rings (SSSR count). The van der Waals surface area contributed by atoms with Crippen molar-refractivity contribution in [2.24, 2.45) is 0 Å². The summed E-state index contributed by atoms with van der Waals surface area (Å²) in [4.78, 5) is 0. The molecule has 0 fully saturated rings. The quantitative estimate of drug-likeness (QED) is 0.706. The van der Waals surface area contributed by atoms with E-state index in [1.165, 1.54) is 22.5 Å². The third kappa shape index (κ3) is 1.77. The second-order valence-electron chi connectivity index (χ2n) is 5.16. The summed E-state index contributed by atoms with van der Waals surface area (Å²) in [7, 11) is 0. The van der Waals surface area contributed by atoms with Crippen LogP contribution in [-0.4, -0.2) is 4.57 Å². The van der Waals surface area contributed by atoms with Crippen molar-refractivity contribution in [3.05, 3.63) is 89.7 Å². The number of fused-ring (bicyclic) bond motifs is 3. The standard InChI is InChI=1S/C18H16N2/c1-2-7-14(8-3-1)18-17-11-6-12-20(17)16-10-5-4-9-15(16)13-19-18/h1-12,18-19H,13H2/t18-/m0/s1. The molecule has 1 N–H and O–H groups in total. The van der Waals surface area contributed by atoms with Crippen LogP contribution in [0.2, 0.25) is 0 Å². The molecule has 0 saturated heterocycles. The number of nitrogens with one attached hydrogen (secondary N) is 1. The summed E-state index contributed by atoms with van der Waals surface area (Å²) in [6.07, 6.45) is 2.15. The van der Waals surface area contributed by atoms with Gasteiger partial charge < -0.3 is 9.88 Å². The molecule has 2 heteroatoms. The van der Waals surface area contributed by atoms with Crippen molar-refractivity contribution in [1.29, 1.82) is 0 Å². The second kappa shape index (κ2) is 4.66. The predicted octanol–water partition coefficient (Wildman–Crippen LogP) is 3.67. The minimum Gasteiger partial charge on any atom is -0.319 e. The van der Waals surface area contributed by atoms with Crippen molar-refractivity contribution >= 4 is 0 Å². The molecule has 20 heavy (non-hydrogen) atoms. The van der Waals surface area contributed by atoms with Crippen LogP contribution in [0.1, 0.15) is 22.9 Å². The molecular formula is C18H16N2. The lowest BCUT2D eigenvalue weighted by molar-refractivity contribution is 0.601. The Kier molecular flexibility index (Phi) is 2.68. The molecule has 1 aliphatic rings. The molecule has 1 aromatic heterocycles. The number of benzene rings is 2. The fourth-order valence-electron chi connectivity index (χ4n) is 2.99. The molecule has 0 radical (unpaired) electrons. The first-order chi connectivity index (χ1) is 9.93. The molecule has 3 aromatic rings. The summed E-state index contributed by atoms with van der Waals surface area (Å²) in [6.45, 7) is 0.886. The highest BCUT2D eigenvalue weighted by Crippen LogP contribution is 2.29. The molecule has 0 unspecified atom stereocenters. The third-order valence-corrected chi connectivity index (χ3v) is 3.96. The van der Waals surface area contributed by atoms with Crippen molar-refractivity contribution in [2.75, 3.05) is 0 Å². The molecule has 0 amide bonds. The first-order valence-electron chi connectivity index (χ1n) is 6.97. The van der Waals surface area contributed by atoms with Gasteiger partial charge in [-0.25, -0.2) is 0 Å². The normalized spacial score (nSPS) is 17.1. The lowest BCUT2D eigenvalue weighted by Gasteiger charge is -2.17. The van der Waals surface area contributed by atoms with E-state index in [4.69, 9.17) is 0 Å². The van der Waals surface area contributed by atoms with E-state index < -0.39 is 0 Å². The molecule has 0 spiro atoms. The summed E-state index contributed by atoms with van der Waals surface area (Å²) in [5, 5.41) is 3.68. The van der Waals surface area contributed by atoms with E-state index in [9.17, 15) is 0 Å². The van der Waals surface area contributed by atoms with Crippen LogP contribution >= 0.6 is 0 Å². The van der Waals surface area contributed by atoms with E-state index in [0.717, 1.165) is 6.54 Å².